The average Bonchev–Trinajstić information content (AvgIpc) is 3.11. The van der Waals surface area contributed by atoms with E-state index in [1.807, 2.05) is 0 Å². The van der Waals surface area contributed by atoms with Gasteiger partial charge in [-0.3, -0.25) is 14.4 Å². The van der Waals surface area contributed by atoms with Gasteiger partial charge in [-0.05, 0) is 26.7 Å². The normalized spacial score (nSPS) is 26.1. The standard InChI is InChI=1S/C13H20N2O4/c1-7(13(18)19)8(2)14-12(17)9-5-11(16)15(6-9)10-3-4-10/h7-10H,3-6H2,1-2H3,(H,14,17)(H,18,19). The zero-order valence-electron chi connectivity index (χ0n) is 11.3. The minimum Gasteiger partial charge on any atom is -0.481 e. The molecule has 6 nitrogen and oxygen atoms in total. The van der Waals surface area contributed by atoms with Crippen molar-refractivity contribution in [1.82, 2.24) is 10.2 Å². The number of carboxylic acids is 1. The molecule has 3 atom stereocenters. The maximum Gasteiger partial charge on any atom is 0.308 e. The lowest BCUT2D eigenvalue weighted by molar-refractivity contribution is -0.142. The number of hydrogen-bond acceptors (Lipinski definition) is 3. The summed E-state index contributed by atoms with van der Waals surface area (Å²) in [5.74, 6) is -2.08. The van der Waals surface area contributed by atoms with Gasteiger partial charge < -0.3 is 15.3 Å². The Balaban J connectivity index is 1.87. The quantitative estimate of drug-likeness (QED) is 0.747. The molecule has 1 saturated heterocycles. The number of carbonyl (C=O) groups is 3. The smallest absolute Gasteiger partial charge is 0.308 e. The first-order valence-corrected chi connectivity index (χ1v) is 6.72. The molecule has 1 heterocycles. The van der Waals surface area contributed by atoms with Crippen LogP contribution < -0.4 is 5.32 Å². The lowest BCUT2D eigenvalue weighted by atomic mass is 10.0. The molecule has 0 aromatic carbocycles. The van der Waals surface area contributed by atoms with Crippen molar-refractivity contribution < 1.29 is 19.5 Å². The summed E-state index contributed by atoms with van der Waals surface area (Å²) in [7, 11) is 0. The molecule has 2 fully saturated rings. The van der Waals surface area contributed by atoms with Gasteiger partial charge in [0.2, 0.25) is 11.8 Å². The Bertz CT molecular complexity index is 405. The van der Waals surface area contributed by atoms with Gasteiger partial charge in [0.1, 0.15) is 0 Å². The van der Waals surface area contributed by atoms with Gasteiger partial charge in [0.15, 0.2) is 0 Å². The molecule has 6 heteroatoms. The first-order valence-electron chi connectivity index (χ1n) is 6.72. The fourth-order valence-corrected chi connectivity index (χ4v) is 2.33. The first kappa shape index (κ1) is 13.8. The van der Waals surface area contributed by atoms with E-state index in [1.165, 1.54) is 0 Å². The van der Waals surface area contributed by atoms with E-state index in [-0.39, 0.29) is 24.2 Å². The Hall–Kier alpha value is -1.59. The second-order valence-electron chi connectivity index (χ2n) is 5.60. The molecular formula is C13H20N2O4. The van der Waals surface area contributed by atoms with Crippen molar-refractivity contribution in [2.24, 2.45) is 11.8 Å². The Morgan fingerprint density at radius 3 is 2.53 bits per heavy atom. The van der Waals surface area contributed by atoms with Crippen molar-refractivity contribution >= 4 is 17.8 Å². The van der Waals surface area contributed by atoms with Crippen LogP contribution in [0.5, 0.6) is 0 Å². The molecule has 19 heavy (non-hydrogen) atoms. The van der Waals surface area contributed by atoms with E-state index in [4.69, 9.17) is 5.11 Å². The average molecular weight is 268 g/mol. The van der Waals surface area contributed by atoms with Crippen molar-refractivity contribution in [2.45, 2.75) is 45.2 Å². The molecule has 2 aliphatic rings. The van der Waals surface area contributed by atoms with Gasteiger partial charge in [-0.25, -0.2) is 0 Å². The number of amides is 2. The Morgan fingerprint density at radius 1 is 1.37 bits per heavy atom. The summed E-state index contributed by atoms with van der Waals surface area (Å²) < 4.78 is 0. The van der Waals surface area contributed by atoms with Gasteiger partial charge in [-0.15, -0.1) is 0 Å². The second kappa shape index (κ2) is 5.19. The van der Waals surface area contributed by atoms with Crippen molar-refractivity contribution in [2.75, 3.05) is 6.54 Å². The van der Waals surface area contributed by atoms with Gasteiger partial charge in [0, 0.05) is 25.0 Å². The number of aliphatic carboxylic acids is 1. The van der Waals surface area contributed by atoms with Crippen molar-refractivity contribution in [3.05, 3.63) is 0 Å². The van der Waals surface area contributed by atoms with Crippen LogP contribution in [-0.4, -0.2) is 46.4 Å². The fourth-order valence-electron chi connectivity index (χ4n) is 2.33. The van der Waals surface area contributed by atoms with Crippen LogP contribution in [-0.2, 0) is 14.4 Å². The number of nitrogens with one attached hydrogen (secondary N) is 1. The molecule has 2 N–H and O–H groups in total. The lowest BCUT2D eigenvalue weighted by Crippen LogP contribution is -2.43. The van der Waals surface area contributed by atoms with Crippen LogP contribution in [0.3, 0.4) is 0 Å². The molecule has 1 aliphatic carbocycles. The van der Waals surface area contributed by atoms with Crippen LogP contribution >= 0.6 is 0 Å². The predicted octanol–water partition coefficient (Wildman–Crippen LogP) is 0.223. The van der Waals surface area contributed by atoms with Crippen LogP contribution in [0.25, 0.3) is 0 Å². The Morgan fingerprint density at radius 2 is 2.00 bits per heavy atom. The third kappa shape index (κ3) is 3.05. The monoisotopic (exact) mass is 268 g/mol. The van der Waals surface area contributed by atoms with E-state index >= 15 is 0 Å². The van der Waals surface area contributed by atoms with Crippen LogP contribution in [0.2, 0.25) is 0 Å². The topological polar surface area (TPSA) is 86.7 Å². The zero-order chi connectivity index (χ0) is 14.2. The molecule has 1 aliphatic heterocycles. The van der Waals surface area contributed by atoms with Crippen LogP contribution in [0, 0.1) is 11.8 Å². The molecule has 0 aromatic rings. The summed E-state index contributed by atoms with van der Waals surface area (Å²) >= 11 is 0. The summed E-state index contributed by atoms with van der Waals surface area (Å²) in [6, 6.07) is -0.101. The summed E-state index contributed by atoms with van der Waals surface area (Å²) in [4.78, 5) is 36.4. The van der Waals surface area contributed by atoms with Crippen molar-refractivity contribution in [3.63, 3.8) is 0 Å². The van der Waals surface area contributed by atoms with Gasteiger partial charge in [-0.1, -0.05) is 0 Å². The minimum atomic E-state index is -0.935. The second-order valence-corrected chi connectivity index (χ2v) is 5.60. The molecule has 2 amide bonds. The van der Waals surface area contributed by atoms with Crippen molar-refractivity contribution in [1.29, 1.82) is 0 Å². The molecule has 0 aromatic heterocycles. The summed E-state index contributed by atoms with van der Waals surface area (Å²) in [6.07, 6.45) is 2.32. The number of hydrogen-bond donors (Lipinski definition) is 2. The first-order chi connectivity index (χ1) is 8.90. The van der Waals surface area contributed by atoms with E-state index in [1.54, 1.807) is 18.7 Å². The number of rotatable bonds is 5. The zero-order valence-corrected chi connectivity index (χ0v) is 11.3. The van der Waals surface area contributed by atoms with Gasteiger partial charge in [0.05, 0.1) is 11.8 Å². The minimum absolute atomic E-state index is 0.0431. The Labute approximate surface area is 112 Å². The molecule has 3 unspecified atom stereocenters. The van der Waals surface area contributed by atoms with Crippen molar-refractivity contribution in [3.8, 4) is 0 Å². The Kier molecular flexibility index (Phi) is 3.78. The third-order valence-corrected chi connectivity index (χ3v) is 4.03. The van der Waals surface area contributed by atoms with Gasteiger partial charge in [0.25, 0.3) is 0 Å². The van der Waals surface area contributed by atoms with Gasteiger partial charge in [-0.2, -0.15) is 0 Å². The molecule has 0 bridgehead atoms. The summed E-state index contributed by atoms with van der Waals surface area (Å²) in [5, 5.41) is 11.6. The summed E-state index contributed by atoms with van der Waals surface area (Å²) in [6.45, 7) is 3.71. The molecule has 2 rings (SSSR count). The molecular weight excluding hydrogens is 248 g/mol. The van der Waals surface area contributed by atoms with E-state index in [9.17, 15) is 14.4 Å². The highest BCUT2D eigenvalue weighted by molar-refractivity contribution is 5.89. The van der Waals surface area contributed by atoms with Crippen LogP contribution in [0.4, 0.5) is 0 Å². The van der Waals surface area contributed by atoms with E-state index < -0.39 is 17.9 Å². The summed E-state index contributed by atoms with van der Waals surface area (Å²) in [5.41, 5.74) is 0. The maximum absolute atomic E-state index is 12.0. The molecule has 106 valence electrons. The molecule has 0 radical (unpaired) electrons. The van der Waals surface area contributed by atoms with Crippen LogP contribution in [0.15, 0.2) is 0 Å². The van der Waals surface area contributed by atoms with E-state index in [0.717, 1.165) is 12.8 Å². The maximum atomic E-state index is 12.0. The van der Waals surface area contributed by atoms with E-state index in [2.05, 4.69) is 5.32 Å². The highest BCUT2D eigenvalue weighted by Crippen LogP contribution is 2.32. The molecule has 0 spiro atoms. The lowest BCUT2D eigenvalue weighted by Gasteiger charge is -2.20. The largest absolute Gasteiger partial charge is 0.481 e. The highest BCUT2D eigenvalue weighted by atomic mass is 16.4. The number of carbonyl (C=O) groups excluding carboxylic acids is 2. The molecule has 1 saturated carbocycles. The fraction of sp³-hybridized carbons (Fsp3) is 0.769. The number of likely N-dealkylation sites (tertiary alicyclic amines) is 1. The number of carboxylic acid groups (broad SMARTS) is 1. The third-order valence-electron chi connectivity index (χ3n) is 4.03. The van der Waals surface area contributed by atoms with Gasteiger partial charge >= 0.3 is 5.97 Å². The van der Waals surface area contributed by atoms with Crippen LogP contribution in [0.1, 0.15) is 33.1 Å². The highest BCUT2D eigenvalue weighted by Gasteiger charge is 2.42. The number of nitrogens with zero attached hydrogens (tertiary/aromatic N) is 1. The predicted molar refractivity (Wildman–Crippen MR) is 67.2 cm³/mol. The SMILES string of the molecule is CC(NC(=O)C1CC(=O)N(C2CC2)C1)C(C)C(=O)O. The van der Waals surface area contributed by atoms with E-state index in [0.29, 0.717) is 12.6 Å².